The predicted molar refractivity (Wildman–Crippen MR) is 104 cm³/mol. The minimum Gasteiger partial charge on any atom is -0.494 e. The molecular formula is C21H24ClN2O2+. The maximum Gasteiger partial charge on any atom is 0.271 e. The highest BCUT2D eigenvalue weighted by Crippen LogP contribution is 2.36. The van der Waals surface area contributed by atoms with E-state index in [1.54, 1.807) is 0 Å². The molecule has 2 aliphatic heterocycles. The summed E-state index contributed by atoms with van der Waals surface area (Å²) in [5.74, 6) is 2.06. The van der Waals surface area contributed by atoms with Crippen molar-refractivity contribution in [1.82, 2.24) is 0 Å². The Morgan fingerprint density at radius 2 is 1.85 bits per heavy atom. The molecule has 0 amide bonds. The van der Waals surface area contributed by atoms with Crippen LogP contribution in [0.3, 0.4) is 0 Å². The number of hydrogen-bond acceptors (Lipinski definition) is 3. The zero-order valence-corrected chi connectivity index (χ0v) is 15.7. The second kappa shape index (κ2) is 6.93. The lowest BCUT2D eigenvalue weighted by Crippen LogP contribution is -2.41. The Morgan fingerprint density at radius 3 is 2.54 bits per heavy atom. The van der Waals surface area contributed by atoms with Crippen LogP contribution in [0.5, 0.6) is 5.75 Å². The average molecular weight is 372 g/mol. The molecule has 0 aliphatic carbocycles. The van der Waals surface area contributed by atoms with Gasteiger partial charge < -0.3 is 9.84 Å². The van der Waals surface area contributed by atoms with Crippen molar-refractivity contribution in [3.8, 4) is 5.75 Å². The summed E-state index contributed by atoms with van der Waals surface area (Å²) in [6.45, 7) is 4.01. The maximum absolute atomic E-state index is 11.6. The van der Waals surface area contributed by atoms with Gasteiger partial charge in [0.25, 0.3) is 11.6 Å². The Labute approximate surface area is 159 Å². The SMILES string of the molecule is CCOc1ccc(N2CC(O)(c3ccc(Cl)cc3)[N+]3=C2CCCC3)cc1. The van der Waals surface area contributed by atoms with Crippen LogP contribution < -0.4 is 9.64 Å². The fourth-order valence-electron chi connectivity index (χ4n) is 3.99. The number of anilines is 1. The van der Waals surface area contributed by atoms with Gasteiger partial charge in [-0.15, -0.1) is 0 Å². The third-order valence-electron chi connectivity index (χ3n) is 5.25. The molecule has 4 nitrogen and oxygen atoms in total. The van der Waals surface area contributed by atoms with E-state index in [4.69, 9.17) is 16.3 Å². The molecule has 2 aliphatic rings. The Bertz CT molecular complexity index is 817. The molecule has 0 saturated heterocycles. The van der Waals surface area contributed by atoms with Gasteiger partial charge in [-0.1, -0.05) is 23.7 Å². The standard InChI is InChI=1S/C21H24ClN2O2/c1-2-26-19-12-10-18(11-13-19)23-15-21(25,16-6-8-17(22)9-7-16)24-14-4-3-5-20(23)24/h6-13,25H,2-5,14-15H2,1H3/q+1. The summed E-state index contributed by atoms with van der Waals surface area (Å²) < 4.78 is 7.72. The molecule has 1 unspecified atom stereocenters. The summed E-state index contributed by atoms with van der Waals surface area (Å²) in [6, 6.07) is 15.7. The zero-order valence-electron chi connectivity index (χ0n) is 15.0. The van der Waals surface area contributed by atoms with Crippen LogP contribution in [-0.4, -0.2) is 35.2 Å². The highest BCUT2D eigenvalue weighted by Gasteiger charge is 2.52. The molecule has 136 valence electrons. The van der Waals surface area contributed by atoms with E-state index in [1.807, 2.05) is 43.3 Å². The van der Waals surface area contributed by atoms with Gasteiger partial charge in [0, 0.05) is 17.0 Å². The quantitative estimate of drug-likeness (QED) is 0.825. The fraction of sp³-hybridized carbons (Fsp3) is 0.381. The van der Waals surface area contributed by atoms with Gasteiger partial charge in [0.05, 0.1) is 13.2 Å². The Balaban J connectivity index is 1.71. The zero-order chi connectivity index (χ0) is 18.1. The van der Waals surface area contributed by atoms with Crippen LogP contribution in [0.4, 0.5) is 5.69 Å². The number of ether oxygens (including phenoxy) is 1. The topological polar surface area (TPSA) is 35.7 Å². The summed E-state index contributed by atoms with van der Waals surface area (Å²) in [5.41, 5.74) is 0.939. The molecule has 0 bridgehead atoms. The van der Waals surface area contributed by atoms with Crippen molar-refractivity contribution in [2.75, 3.05) is 24.6 Å². The molecular weight excluding hydrogens is 348 g/mol. The molecule has 0 aromatic heterocycles. The van der Waals surface area contributed by atoms with Crippen LogP contribution in [-0.2, 0) is 5.72 Å². The molecule has 2 aromatic carbocycles. The molecule has 2 aromatic rings. The first-order valence-electron chi connectivity index (χ1n) is 9.24. The summed E-state index contributed by atoms with van der Waals surface area (Å²) in [6.07, 6.45) is 3.22. The van der Waals surface area contributed by atoms with E-state index in [0.717, 1.165) is 42.8 Å². The lowest BCUT2D eigenvalue weighted by molar-refractivity contribution is -0.661. The van der Waals surface area contributed by atoms with E-state index in [1.165, 1.54) is 5.84 Å². The van der Waals surface area contributed by atoms with E-state index in [-0.39, 0.29) is 0 Å². The highest BCUT2D eigenvalue weighted by molar-refractivity contribution is 6.30. The van der Waals surface area contributed by atoms with Crippen LogP contribution in [0.2, 0.25) is 5.02 Å². The van der Waals surface area contributed by atoms with Crippen molar-refractivity contribution in [2.24, 2.45) is 0 Å². The number of benzene rings is 2. The van der Waals surface area contributed by atoms with Crippen molar-refractivity contribution < 1.29 is 14.4 Å². The van der Waals surface area contributed by atoms with Crippen LogP contribution in [0.1, 0.15) is 31.7 Å². The van der Waals surface area contributed by atoms with Crippen LogP contribution in [0, 0.1) is 0 Å². The number of aliphatic hydroxyl groups is 1. The molecule has 5 heteroatoms. The number of rotatable bonds is 4. The summed E-state index contributed by atoms with van der Waals surface area (Å²) in [5, 5.41) is 12.3. The van der Waals surface area contributed by atoms with Crippen LogP contribution in [0.15, 0.2) is 48.5 Å². The molecule has 0 spiro atoms. The smallest absolute Gasteiger partial charge is 0.271 e. The van der Waals surface area contributed by atoms with E-state index in [2.05, 4.69) is 21.6 Å². The lowest BCUT2D eigenvalue weighted by Gasteiger charge is -2.24. The van der Waals surface area contributed by atoms with E-state index in [0.29, 0.717) is 18.2 Å². The number of β-amino-alcohol motifs (C(OH)–C–C–N with tert-alkyl or cyclic N) is 1. The molecule has 1 atom stereocenters. The fourth-order valence-corrected chi connectivity index (χ4v) is 4.11. The monoisotopic (exact) mass is 371 g/mol. The van der Waals surface area contributed by atoms with Gasteiger partial charge in [-0.2, -0.15) is 0 Å². The first-order valence-corrected chi connectivity index (χ1v) is 9.62. The van der Waals surface area contributed by atoms with Crippen molar-refractivity contribution in [3.05, 3.63) is 59.1 Å². The minimum absolute atomic E-state index is 0.512. The molecule has 0 fully saturated rings. The molecule has 1 N–H and O–H groups in total. The Hall–Kier alpha value is -2.04. The van der Waals surface area contributed by atoms with Crippen LogP contribution in [0.25, 0.3) is 0 Å². The second-order valence-corrected chi connectivity index (χ2v) is 7.30. The largest absolute Gasteiger partial charge is 0.494 e. The molecule has 26 heavy (non-hydrogen) atoms. The Kier molecular flexibility index (Phi) is 4.63. The van der Waals surface area contributed by atoms with Gasteiger partial charge in [0.2, 0.25) is 0 Å². The van der Waals surface area contributed by atoms with Gasteiger partial charge in [-0.3, -0.25) is 0 Å². The van der Waals surface area contributed by atoms with Crippen molar-refractivity contribution >= 4 is 23.1 Å². The molecule has 2 heterocycles. The minimum atomic E-state index is -1.03. The highest BCUT2D eigenvalue weighted by atomic mass is 35.5. The third kappa shape index (κ3) is 2.97. The first-order chi connectivity index (χ1) is 12.6. The lowest BCUT2D eigenvalue weighted by atomic mass is 10.0. The first kappa shape index (κ1) is 17.4. The van der Waals surface area contributed by atoms with Gasteiger partial charge in [-0.05, 0) is 56.2 Å². The normalized spacial score (nSPS) is 22.5. The van der Waals surface area contributed by atoms with Crippen LogP contribution >= 0.6 is 11.6 Å². The molecule has 0 saturated carbocycles. The van der Waals surface area contributed by atoms with Gasteiger partial charge in [0.15, 0.2) is 6.54 Å². The van der Waals surface area contributed by atoms with Crippen molar-refractivity contribution in [2.45, 2.75) is 31.9 Å². The molecule has 4 rings (SSSR count). The summed E-state index contributed by atoms with van der Waals surface area (Å²) in [7, 11) is 0. The van der Waals surface area contributed by atoms with Gasteiger partial charge in [-0.25, -0.2) is 9.48 Å². The average Bonchev–Trinajstić information content (AvgIpc) is 2.98. The molecule has 0 radical (unpaired) electrons. The van der Waals surface area contributed by atoms with Crippen molar-refractivity contribution in [1.29, 1.82) is 0 Å². The number of amidine groups is 1. The van der Waals surface area contributed by atoms with Gasteiger partial charge >= 0.3 is 0 Å². The predicted octanol–water partition coefficient (Wildman–Crippen LogP) is 4.00. The van der Waals surface area contributed by atoms with Gasteiger partial charge in [0.1, 0.15) is 11.4 Å². The third-order valence-corrected chi connectivity index (χ3v) is 5.50. The number of hydrogen-bond donors (Lipinski definition) is 1. The summed E-state index contributed by atoms with van der Waals surface area (Å²) >= 11 is 6.04. The second-order valence-electron chi connectivity index (χ2n) is 6.86. The van der Waals surface area contributed by atoms with E-state index < -0.39 is 5.72 Å². The van der Waals surface area contributed by atoms with E-state index in [9.17, 15) is 5.11 Å². The number of halogens is 1. The number of nitrogens with zero attached hydrogens (tertiary/aromatic N) is 2. The summed E-state index contributed by atoms with van der Waals surface area (Å²) in [4.78, 5) is 2.24. The van der Waals surface area contributed by atoms with E-state index >= 15 is 0 Å². The Morgan fingerprint density at radius 1 is 1.12 bits per heavy atom. The maximum atomic E-state index is 11.6. The van der Waals surface area contributed by atoms with Crippen molar-refractivity contribution in [3.63, 3.8) is 0 Å².